The molecule has 2 aliphatic heterocycles. The van der Waals surface area contributed by atoms with Crippen LogP contribution in [0.5, 0.6) is 0 Å². The lowest BCUT2D eigenvalue weighted by Gasteiger charge is -2.33. The quantitative estimate of drug-likeness (QED) is 0.829. The first-order valence-corrected chi connectivity index (χ1v) is 8.13. The summed E-state index contributed by atoms with van der Waals surface area (Å²) in [5.74, 6) is 0.911. The largest absolute Gasteiger partial charge is 0.354 e. The van der Waals surface area contributed by atoms with Gasteiger partial charge in [0.2, 0.25) is 0 Å². The van der Waals surface area contributed by atoms with Crippen molar-refractivity contribution in [1.82, 2.24) is 20.5 Å². The Bertz CT molecular complexity index is 517. The smallest absolute Gasteiger partial charge is 0.251 e. The first kappa shape index (κ1) is 21.0. The lowest BCUT2D eigenvalue weighted by atomic mass is 10.1. The highest BCUT2D eigenvalue weighted by Gasteiger charge is 2.19. The summed E-state index contributed by atoms with van der Waals surface area (Å²) in [6.45, 7) is 5.90. The van der Waals surface area contributed by atoms with E-state index in [1.807, 2.05) is 6.07 Å². The fourth-order valence-electron chi connectivity index (χ4n) is 3.01. The van der Waals surface area contributed by atoms with Gasteiger partial charge in [0.15, 0.2) is 0 Å². The highest BCUT2D eigenvalue weighted by atomic mass is 35.5. The molecule has 2 N–H and O–H groups in total. The van der Waals surface area contributed by atoms with E-state index in [1.165, 1.54) is 0 Å². The van der Waals surface area contributed by atoms with Gasteiger partial charge in [0.1, 0.15) is 5.82 Å². The number of piperazine rings is 1. The molecule has 1 aromatic rings. The average molecular weight is 376 g/mol. The monoisotopic (exact) mass is 375 g/mol. The van der Waals surface area contributed by atoms with E-state index in [0.717, 1.165) is 57.9 Å². The van der Waals surface area contributed by atoms with Gasteiger partial charge in [-0.15, -0.1) is 24.8 Å². The Morgan fingerprint density at radius 1 is 1.29 bits per heavy atom. The van der Waals surface area contributed by atoms with Gasteiger partial charge >= 0.3 is 0 Å². The third-order valence-corrected chi connectivity index (χ3v) is 4.47. The number of nitrogens with one attached hydrogen (secondary N) is 2. The molecule has 0 radical (unpaired) electrons. The number of anilines is 1. The molecule has 1 aromatic heterocycles. The topological polar surface area (TPSA) is 60.5 Å². The molecule has 3 heterocycles. The number of carbonyl (C=O) groups is 1. The Morgan fingerprint density at radius 3 is 2.71 bits per heavy atom. The van der Waals surface area contributed by atoms with Crippen molar-refractivity contribution in [1.29, 1.82) is 0 Å². The number of likely N-dealkylation sites (N-methyl/N-ethyl adjacent to an activating group) is 1. The second-order valence-electron chi connectivity index (χ2n) is 6.21. The van der Waals surface area contributed by atoms with Crippen molar-refractivity contribution in [2.45, 2.75) is 18.9 Å². The van der Waals surface area contributed by atoms with Crippen LogP contribution in [0.1, 0.15) is 23.2 Å². The summed E-state index contributed by atoms with van der Waals surface area (Å²) in [6, 6.07) is 3.95. The second-order valence-corrected chi connectivity index (χ2v) is 6.21. The maximum Gasteiger partial charge on any atom is 0.251 e. The van der Waals surface area contributed by atoms with E-state index in [1.54, 1.807) is 12.3 Å². The van der Waals surface area contributed by atoms with Crippen molar-refractivity contribution in [3.05, 3.63) is 23.9 Å². The zero-order valence-corrected chi connectivity index (χ0v) is 15.7. The summed E-state index contributed by atoms with van der Waals surface area (Å²) in [5.41, 5.74) is 0.703. The van der Waals surface area contributed by atoms with E-state index < -0.39 is 0 Å². The summed E-state index contributed by atoms with van der Waals surface area (Å²) < 4.78 is 0. The van der Waals surface area contributed by atoms with Crippen LogP contribution in [0.3, 0.4) is 0 Å². The minimum Gasteiger partial charge on any atom is -0.354 e. The van der Waals surface area contributed by atoms with E-state index >= 15 is 0 Å². The van der Waals surface area contributed by atoms with Gasteiger partial charge in [-0.25, -0.2) is 4.98 Å². The maximum atomic E-state index is 12.4. The molecule has 0 saturated carbocycles. The van der Waals surface area contributed by atoms with Crippen LogP contribution in [-0.2, 0) is 0 Å². The molecule has 8 heteroatoms. The molecule has 0 aromatic carbocycles. The van der Waals surface area contributed by atoms with Crippen LogP contribution < -0.4 is 15.5 Å². The number of halogens is 2. The van der Waals surface area contributed by atoms with Crippen molar-refractivity contribution in [3.63, 3.8) is 0 Å². The van der Waals surface area contributed by atoms with Crippen molar-refractivity contribution in [3.8, 4) is 0 Å². The summed E-state index contributed by atoms with van der Waals surface area (Å²) in [5, 5.41) is 6.44. The van der Waals surface area contributed by atoms with Crippen LogP contribution in [0.25, 0.3) is 0 Å². The number of aromatic nitrogens is 1. The van der Waals surface area contributed by atoms with Gasteiger partial charge in [0.25, 0.3) is 5.91 Å². The molecular formula is C16H27Cl2N5O. The third kappa shape index (κ3) is 5.48. The molecular weight excluding hydrogens is 349 g/mol. The number of amides is 1. The van der Waals surface area contributed by atoms with E-state index in [4.69, 9.17) is 0 Å². The number of carbonyl (C=O) groups excluding carboxylic acids is 1. The third-order valence-electron chi connectivity index (χ3n) is 4.47. The van der Waals surface area contributed by atoms with E-state index in [9.17, 15) is 4.79 Å². The minimum absolute atomic E-state index is 0. The second kappa shape index (κ2) is 10.0. The average Bonchev–Trinajstić information content (AvgIpc) is 2.56. The highest BCUT2D eigenvalue weighted by molar-refractivity contribution is 5.95. The molecule has 2 fully saturated rings. The molecule has 2 aliphatic rings. The Morgan fingerprint density at radius 2 is 2.04 bits per heavy atom. The Hall–Kier alpha value is -1.08. The highest BCUT2D eigenvalue weighted by Crippen LogP contribution is 2.15. The summed E-state index contributed by atoms with van der Waals surface area (Å²) in [6.07, 6.45) is 3.91. The van der Waals surface area contributed by atoms with E-state index in [-0.39, 0.29) is 36.8 Å². The molecule has 136 valence electrons. The first-order chi connectivity index (χ1) is 10.7. The van der Waals surface area contributed by atoms with Crippen molar-refractivity contribution < 1.29 is 4.79 Å². The minimum atomic E-state index is 0. The molecule has 0 spiro atoms. The molecule has 3 rings (SSSR count). The number of nitrogens with zero attached hydrogens (tertiary/aromatic N) is 3. The Labute approximate surface area is 156 Å². The van der Waals surface area contributed by atoms with Crippen LogP contribution in [-0.4, -0.2) is 68.1 Å². The fraction of sp³-hybridized carbons (Fsp3) is 0.625. The molecule has 24 heavy (non-hydrogen) atoms. The van der Waals surface area contributed by atoms with Gasteiger partial charge in [-0.2, -0.15) is 0 Å². The first-order valence-electron chi connectivity index (χ1n) is 8.13. The lowest BCUT2D eigenvalue weighted by molar-refractivity contribution is 0.0930. The molecule has 1 atom stereocenters. The van der Waals surface area contributed by atoms with Crippen LogP contribution in [0.2, 0.25) is 0 Å². The van der Waals surface area contributed by atoms with Crippen LogP contribution in [0.4, 0.5) is 5.82 Å². The molecule has 6 nitrogen and oxygen atoms in total. The van der Waals surface area contributed by atoms with Gasteiger partial charge in [0, 0.05) is 50.5 Å². The SMILES string of the molecule is CN1CCN(c2cc(C(=O)NC3CCCNC3)ccn2)CC1.Cl.Cl. The van der Waals surface area contributed by atoms with Gasteiger partial charge in [-0.1, -0.05) is 0 Å². The van der Waals surface area contributed by atoms with Crippen LogP contribution >= 0.6 is 24.8 Å². The number of hydrogen-bond acceptors (Lipinski definition) is 5. The van der Waals surface area contributed by atoms with E-state index in [2.05, 4.69) is 32.5 Å². The number of pyridine rings is 1. The zero-order chi connectivity index (χ0) is 15.4. The predicted molar refractivity (Wildman–Crippen MR) is 102 cm³/mol. The number of rotatable bonds is 3. The van der Waals surface area contributed by atoms with Gasteiger partial charge < -0.3 is 20.4 Å². The molecule has 1 unspecified atom stereocenters. The normalized spacial score (nSPS) is 21.4. The molecule has 0 bridgehead atoms. The molecule has 1 amide bonds. The van der Waals surface area contributed by atoms with Gasteiger partial charge in [0.05, 0.1) is 0 Å². The lowest BCUT2D eigenvalue weighted by Crippen LogP contribution is -2.46. The fourth-order valence-corrected chi connectivity index (χ4v) is 3.01. The number of piperidine rings is 1. The zero-order valence-electron chi connectivity index (χ0n) is 14.0. The summed E-state index contributed by atoms with van der Waals surface area (Å²) in [4.78, 5) is 21.4. The summed E-state index contributed by atoms with van der Waals surface area (Å²) >= 11 is 0. The molecule has 2 saturated heterocycles. The Balaban J connectivity index is 0.00000144. The van der Waals surface area contributed by atoms with Crippen molar-refractivity contribution in [2.75, 3.05) is 51.2 Å². The van der Waals surface area contributed by atoms with Crippen LogP contribution in [0, 0.1) is 0 Å². The van der Waals surface area contributed by atoms with Crippen molar-refractivity contribution in [2.24, 2.45) is 0 Å². The maximum absolute atomic E-state index is 12.4. The predicted octanol–water partition coefficient (Wildman–Crippen LogP) is 1.16. The van der Waals surface area contributed by atoms with E-state index in [0.29, 0.717) is 5.56 Å². The Kier molecular flexibility index (Phi) is 8.76. The summed E-state index contributed by atoms with van der Waals surface area (Å²) in [7, 11) is 2.13. The van der Waals surface area contributed by atoms with Gasteiger partial charge in [-0.3, -0.25) is 4.79 Å². The standard InChI is InChI=1S/C16H25N5O.2ClH/c1-20-7-9-21(10-8-20)15-11-13(4-6-18-15)16(22)19-14-3-2-5-17-12-14;;/h4,6,11,14,17H,2-3,5,7-10,12H2,1H3,(H,19,22);2*1H. The molecule has 0 aliphatic carbocycles. The van der Waals surface area contributed by atoms with Crippen LogP contribution in [0.15, 0.2) is 18.3 Å². The number of hydrogen-bond donors (Lipinski definition) is 2. The van der Waals surface area contributed by atoms with Crippen molar-refractivity contribution >= 4 is 36.5 Å². The van der Waals surface area contributed by atoms with Gasteiger partial charge in [-0.05, 0) is 38.6 Å².